The molecule has 0 bridgehead atoms. The van der Waals surface area contributed by atoms with Crippen molar-refractivity contribution in [1.82, 2.24) is 0 Å². The van der Waals surface area contributed by atoms with E-state index in [9.17, 15) is 18.0 Å². The minimum Gasteiger partial charge on any atom is -0.399 e. The van der Waals surface area contributed by atoms with Gasteiger partial charge in [-0.1, -0.05) is 40.5 Å². The van der Waals surface area contributed by atoms with Crippen molar-refractivity contribution in [1.29, 1.82) is 0 Å². The second-order valence-corrected chi connectivity index (χ2v) is 7.39. The molecule has 0 spiro atoms. The monoisotopic (exact) mass is 429 g/mol. The predicted molar refractivity (Wildman–Crippen MR) is 103 cm³/mol. The van der Waals surface area contributed by atoms with E-state index < -0.39 is 24.3 Å². The first-order valence-electron chi connectivity index (χ1n) is 8.48. The molecule has 0 N–H and O–H groups in total. The number of oxime groups is 1. The van der Waals surface area contributed by atoms with Gasteiger partial charge in [-0.2, -0.15) is 13.2 Å². The Balaban J connectivity index is 1.88. The normalized spacial score (nSPS) is 16.1. The van der Waals surface area contributed by atoms with Crippen LogP contribution in [-0.2, 0) is 11.3 Å². The molecule has 0 saturated carbocycles. The minimum absolute atomic E-state index is 0.0895. The van der Waals surface area contributed by atoms with E-state index >= 15 is 0 Å². The zero-order chi connectivity index (χ0) is 20.5. The highest BCUT2D eigenvalue weighted by atomic mass is 35.5. The van der Waals surface area contributed by atoms with Gasteiger partial charge in [0.25, 0.3) is 0 Å². The molecule has 0 aliphatic heterocycles. The fourth-order valence-electron chi connectivity index (χ4n) is 3.35. The number of alkyl halides is 3. The number of hydrogen-bond donors (Lipinski definition) is 0. The zero-order valence-corrected chi connectivity index (χ0v) is 16.3. The van der Waals surface area contributed by atoms with Gasteiger partial charge in [0.1, 0.15) is 7.11 Å². The van der Waals surface area contributed by atoms with Gasteiger partial charge in [-0.3, -0.25) is 4.79 Å². The van der Waals surface area contributed by atoms with Crippen LogP contribution < -0.4 is 0 Å². The summed E-state index contributed by atoms with van der Waals surface area (Å²) in [6.45, 7) is 0. The summed E-state index contributed by atoms with van der Waals surface area (Å²) in [6, 6.07) is 8.59. The molecule has 148 valence electrons. The minimum atomic E-state index is -4.61. The average molecular weight is 430 g/mol. The highest BCUT2D eigenvalue weighted by molar-refractivity contribution is 6.34. The number of carbonyl (C=O) groups is 1. The molecule has 0 heterocycles. The molecule has 28 heavy (non-hydrogen) atoms. The van der Waals surface area contributed by atoms with Gasteiger partial charge in [-0.15, -0.1) is 0 Å². The lowest BCUT2D eigenvalue weighted by Crippen LogP contribution is -2.24. The van der Waals surface area contributed by atoms with Crippen LogP contribution in [0, 0.1) is 0 Å². The first kappa shape index (κ1) is 20.7. The number of aryl methyl sites for hydroxylation is 1. The molecule has 0 unspecified atom stereocenters. The van der Waals surface area contributed by atoms with Crippen molar-refractivity contribution in [2.75, 3.05) is 7.11 Å². The number of carbonyl (C=O) groups excluding carboxylic acids is 1. The van der Waals surface area contributed by atoms with Gasteiger partial charge in [0.05, 0.1) is 11.6 Å². The highest BCUT2D eigenvalue weighted by Crippen LogP contribution is 2.40. The van der Waals surface area contributed by atoms with Gasteiger partial charge in [0, 0.05) is 27.6 Å². The van der Waals surface area contributed by atoms with Crippen molar-refractivity contribution in [3.8, 4) is 0 Å². The van der Waals surface area contributed by atoms with Crippen LogP contribution in [0.5, 0.6) is 0 Å². The second-order valence-electron chi connectivity index (χ2n) is 6.52. The number of nitrogens with zero attached hydrogens (tertiary/aromatic N) is 1. The lowest BCUT2D eigenvalue weighted by Gasteiger charge is -2.21. The molecule has 0 fully saturated rings. The molecule has 1 aliphatic carbocycles. The molecule has 0 saturated heterocycles. The van der Waals surface area contributed by atoms with Gasteiger partial charge < -0.3 is 4.84 Å². The summed E-state index contributed by atoms with van der Waals surface area (Å²) < 4.78 is 40.9. The summed E-state index contributed by atoms with van der Waals surface area (Å²) in [5.41, 5.74) is 2.59. The standard InChI is InChI=1S/C20H16Cl2F3NO2/c1-28-26-18-5-3-11-6-12(2-4-16(11)18)19(27)10-17(20(23,24)25)13-7-14(21)9-15(22)8-13/h2,4,6-9,17H,3,5,10H2,1H3/b26-18-/t17-/m0/s1. The van der Waals surface area contributed by atoms with Crippen LogP contribution in [0.2, 0.25) is 10.0 Å². The Bertz CT molecular complexity index is 921. The summed E-state index contributed by atoms with van der Waals surface area (Å²) in [4.78, 5) is 17.4. The maximum Gasteiger partial charge on any atom is 0.396 e. The summed E-state index contributed by atoms with van der Waals surface area (Å²) in [7, 11) is 1.45. The topological polar surface area (TPSA) is 38.7 Å². The van der Waals surface area contributed by atoms with Crippen molar-refractivity contribution < 1.29 is 22.8 Å². The maximum atomic E-state index is 13.6. The fourth-order valence-corrected chi connectivity index (χ4v) is 3.89. The van der Waals surface area contributed by atoms with Crippen molar-refractivity contribution in [2.45, 2.75) is 31.4 Å². The van der Waals surface area contributed by atoms with Gasteiger partial charge in [-0.25, -0.2) is 0 Å². The van der Waals surface area contributed by atoms with Crippen LogP contribution >= 0.6 is 23.2 Å². The molecule has 0 amide bonds. The molecule has 3 nitrogen and oxygen atoms in total. The predicted octanol–water partition coefficient (Wildman–Crippen LogP) is 6.21. The van der Waals surface area contributed by atoms with Crippen LogP contribution in [-0.4, -0.2) is 24.8 Å². The molecule has 2 aromatic rings. The number of rotatable bonds is 5. The Morgan fingerprint density at radius 2 is 1.82 bits per heavy atom. The number of halogens is 5. The van der Waals surface area contributed by atoms with E-state index in [0.29, 0.717) is 12.8 Å². The Morgan fingerprint density at radius 1 is 1.14 bits per heavy atom. The SMILES string of the molecule is CO/N=C1/CCc2cc(C(=O)C[C@@H](c3cc(Cl)cc(Cl)c3)C(F)(F)F)ccc21. The van der Waals surface area contributed by atoms with E-state index in [-0.39, 0.29) is 21.2 Å². The fraction of sp³-hybridized carbons (Fsp3) is 0.300. The lowest BCUT2D eigenvalue weighted by atomic mass is 9.90. The average Bonchev–Trinajstić information content (AvgIpc) is 3.00. The molecule has 0 aromatic heterocycles. The lowest BCUT2D eigenvalue weighted by molar-refractivity contribution is -0.149. The van der Waals surface area contributed by atoms with E-state index in [0.717, 1.165) is 16.8 Å². The molecular formula is C20H16Cl2F3NO2. The summed E-state index contributed by atoms with van der Waals surface area (Å²) in [6.07, 6.45) is -4.02. The molecule has 3 rings (SSSR count). The molecule has 0 radical (unpaired) electrons. The first-order chi connectivity index (χ1) is 13.2. The van der Waals surface area contributed by atoms with E-state index in [1.54, 1.807) is 12.1 Å². The highest BCUT2D eigenvalue weighted by Gasteiger charge is 2.42. The molecule has 1 aliphatic rings. The summed E-state index contributed by atoms with van der Waals surface area (Å²) in [5.74, 6) is -2.59. The largest absolute Gasteiger partial charge is 0.399 e. The summed E-state index contributed by atoms with van der Waals surface area (Å²) >= 11 is 11.7. The molecular weight excluding hydrogens is 414 g/mol. The Hall–Kier alpha value is -2.05. The second kappa shape index (κ2) is 8.13. The number of hydrogen-bond acceptors (Lipinski definition) is 3. The van der Waals surface area contributed by atoms with Crippen LogP contribution in [0.15, 0.2) is 41.6 Å². The Kier molecular flexibility index (Phi) is 6.01. The third kappa shape index (κ3) is 4.50. The van der Waals surface area contributed by atoms with Crippen LogP contribution in [0.1, 0.15) is 45.8 Å². The van der Waals surface area contributed by atoms with E-state index in [2.05, 4.69) is 5.16 Å². The van der Waals surface area contributed by atoms with Crippen LogP contribution in [0.4, 0.5) is 13.2 Å². The van der Waals surface area contributed by atoms with E-state index in [1.807, 2.05) is 0 Å². The van der Waals surface area contributed by atoms with Crippen LogP contribution in [0.25, 0.3) is 0 Å². The maximum absolute atomic E-state index is 13.6. The number of Topliss-reactive ketones (excluding diaryl/α,β-unsaturated/α-hetero) is 1. The third-order valence-corrected chi connectivity index (χ3v) is 5.08. The van der Waals surface area contributed by atoms with Gasteiger partial charge in [0.2, 0.25) is 0 Å². The molecule has 8 heteroatoms. The Labute approximate surface area is 170 Å². The van der Waals surface area contributed by atoms with Gasteiger partial charge in [0.15, 0.2) is 5.78 Å². The molecule has 1 atom stereocenters. The molecule has 2 aromatic carbocycles. The van der Waals surface area contributed by atoms with Crippen molar-refractivity contribution in [2.24, 2.45) is 5.16 Å². The zero-order valence-electron chi connectivity index (χ0n) is 14.8. The van der Waals surface area contributed by atoms with Crippen LogP contribution in [0.3, 0.4) is 0 Å². The van der Waals surface area contributed by atoms with Crippen molar-refractivity contribution >= 4 is 34.7 Å². The van der Waals surface area contributed by atoms with E-state index in [4.69, 9.17) is 28.0 Å². The van der Waals surface area contributed by atoms with E-state index in [1.165, 1.54) is 31.4 Å². The number of ketones is 1. The first-order valence-corrected chi connectivity index (χ1v) is 9.24. The Morgan fingerprint density at radius 3 is 2.43 bits per heavy atom. The number of benzene rings is 2. The van der Waals surface area contributed by atoms with Gasteiger partial charge in [-0.05, 0) is 48.2 Å². The smallest absolute Gasteiger partial charge is 0.396 e. The van der Waals surface area contributed by atoms with Gasteiger partial charge >= 0.3 is 6.18 Å². The quantitative estimate of drug-likeness (QED) is 0.418. The third-order valence-electron chi connectivity index (χ3n) is 4.64. The van der Waals surface area contributed by atoms with Crippen molar-refractivity contribution in [3.63, 3.8) is 0 Å². The summed E-state index contributed by atoms with van der Waals surface area (Å²) in [5, 5.41) is 4.11. The van der Waals surface area contributed by atoms with Crippen molar-refractivity contribution in [3.05, 3.63) is 68.7 Å². The number of fused-ring (bicyclic) bond motifs is 1.